The largest absolute Gasteiger partial charge is 0.345 e. The van der Waals surface area contributed by atoms with Gasteiger partial charge in [0, 0.05) is 0 Å². The first-order valence-corrected chi connectivity index (χ1v) is 6.49. The fourth-order valence-electron chi connectivity index (χ4n) is 2.72. The molecule has 2 atom stereocenters. The molecule has 1 fully saturated rings. The third-order valence-corrected chi connectivity index (χ3v) is 3.60. The van der Waals surface area contributed by atoms with Crippen molar-refractivity contribution in [2.75, 3.05) is 0 Å². The molecule has 2 rings (SSSR count). The van der Waals surface area contributed by atoms with E-state index in [9.17, 15) is 0 Å². The van der Waals surface area contributed by atoms with E-state index in [1.807, 2.05) is 6.20 Å². The summed E-state index contributed by atoms with van der Waals surface area (Å²) >= 11 is 0. The van der Waals surface area contributed by atoms with Crippen LogP contribution in [-0.4, -0.2) is 9.97 Å². The third kappa shape index (κ3) is 3.51. The van der Waals surface area contributed by atoms with E-state index in [0.717, 1.165) is 17.5 Å². The van der Waals surface area contributed by atoms with Gasteiger partial charge in [-0.25, -0.2) is 4.98 Å². The number of imidazole rings is 1. The summed E-state index contributed by atoms with van der Waals surface area (Å²) in [6.07, 6.45) is 16.3. The van der Waals surface area contributed by atoms with Crippen LogP contribution in [0.1, 0.15) is 51.1 Å². The van der Waals surface area contributed by atoms with Crippen LogP contribution < -0.4 is 0 Å². The molecular weight excluding hydrogens is 196 g/mol. The van der Waals surface area contributed by atoms with Crippen LogP contribution in [-0.2, 0) is 0 Å². The molecule has 0 aliphatic heterocycles. The SMILES string of the molecule is CC1CCCC(CCC=Cc2cnc[nH]2)C1. The topological polar surface area (TPSA) is 28.7 Å². The summed E-state index contributed by atoms with van der Waals surface area (Å²) in [7, 11) is 0. The van der Waals surface area contributed by atoms with Crippen molar-refractivity contribution in [3.05, 3.63) is 24.3 Å². The maximum Gasteiger partial charge on any atom is 0.0924 e. The molecule has 1 N–H and O–H groups in total. The van der Waals surface area contributed by atoms with Crippen molar-refractivity contribution in [2.45, 2.75) is 45.4 Å². The fraction of sp³-hybridized carbons (Fsp3) is 0.643. The van der Waals surface area contributed by atoms with Gasteiger partial charge in [0.25, 0.3) is 0 Å². The molecule has 16 heavy (non-hydrogen) atoms. The van der Waals surface area contributed by atoms with Crippen LogP contribution in [0.15, 0.2) is 18.6 Å². The monoisotopic (exact) mass is 218 g/mol. The lowest BCUT2D eigenvalue weighted by Crippen LogP contribution is -2.12. The quantitative estimate of drug-likeness (QED) is 0.812. The van der Waals surface area contributed by atoms with Gasteiger partial charge in [0.15, 0.2) is 0 Å². The second-order valence-electron chi connectivity index (χ2n) is 5.12. The van der Waals surface area contributed by atoms with E-state index in [-0.39, 0.29) is 0 Å². The Bertz CT molecular complexity index is 313. The van der Waals surface area contributed by atoms with Gasteiger partial charge in [0.2, 0.25) is 0 Å². The average molecular weight is 218 g/mol. The second kappa shape index (κ2) is 5.88. The van der Waals surface area contributed by atoms with Crippen LogP contribution in [0.3, 0.4) is 0 Å². The summed E-state index contributed by atoms with van der Waals surface area (Å²) < 4.78 is 0. The molecule has 1 aromatic rings. The lowest BCUT2D eigenvalue weighted by Gasteiger charge is -2.26. The highest BCUT2D eigenvalue weighted by molar-refractivity contribution is 5.42. The minimum Gasteiger partial charge on any atom is -0.345 e. The zero-order valence-corrected chi connectivity index (χ0v) is 10.2. The van der Waals surface area contributed by atoms with Gasteiger partial charge in [-0.1, -0.05) is 32.3 Å². The Morgan fingerprint density at radius 1 is 1.50 bits per heavy atom. The van der Waals surface area contributed by atoms with Gasteiger partial charge in [-0.15, -0.1) is 0 Å². The summed E-state index contributed by atoms with van der Waals surface area (Å²) in [6.45, 7) is 2.40. The number of aromatic amines is 1. The molecule has 1 aliphatic carbocycles. The van der Waals surface area contributed by atoms with E-state index >= 15 is 0 Å². The Kier molecular flexibility index (Phi) is 4.20. The maximum absolute atomic E-state index is 3.99. The van der Waals surface area contributed by atoms with E-state index < -0.39 is 0 Å². The average Bonchev–Trinajstić information content (AvgIpc) is 2.77. The van der Waals surface area contributed by atoms with Gasteiger partial charge >= 0.3 is 0 Å². The Labute approximate surface area is 98.2 Å². The summed E-state index contributed by atoms with van der Waals surface area (Å²) in [5, 5.41) is 0. The molecule has 0 spiro atoms. The molecule has 0 aromatic carbocycles. The minimum atomic E-state index is 0.954. The standard InChI is InChI=1S/C14H22N2/c1-12-5-4-7-13(9-12)6-2-3-8-14-10-15-11-16-14/h3,8,10-13H,2,4-7,9H2,1H3,(H,15,16). The fourth-order valence-corrected chi connectivity index (χ4v) is 2.72. The highest BCUT2D eigenvalue weighted by atomic mass is 14.8. The normalized spacial score (nSPS) is 26.3. The second-order valence-corrected chi connectivity index (χ2v) is 5.12. The van der Waals surface area contributed by atoms with E-state index in [1.165, 1.54) is 38.5 Å². The molecule has 2 unspecified atom stereocenters. The van der Waals surface area contributed by atoms with Gasteiger partial charge in [-0.2, -0.15) is 0 Å². The molecule has 1 heterocycles. The van der Waals surface area contributed by atoms with Crippen molar-refractivity contribution < 1.29 is 0 Å². The smallest absolute Gasteiger partial charge is 0.0924 e. The van der Waals surface area contributed by atoms with Gasteiger partial charge in [-0.05, 0) is 37.2 Å². The predicted octanol–water partition coefficient (Wildman–Crippen LogP) is 4.03. The summed E-state index contributed by atoms with van der Waals surface area (Å²) in [5.41, 5.74) is 1.11. The first-order valence-electron chi connectivity index (χ1n) is 6.49. The van der Waals surface area contributed by atoms with Crippen LogP contribution in [0.5, 0.6) is 0 Å². The van der Waals surface area contributed by atoms with Crippen molar-refractivity contribution in [3.8, 4) is 0 Å². The molecule has 1 aromatic heterocycles. The van der Waals surface area contributed by atoms with Crippen molar-refractivity contribution >= 4 is 6.08 Å². The van der Waals surface area contributed by atoms with E-state index in [2.05, 4.69) is 29.0 Å². The number of allylic oxidation sites excluding steroid dienone is 1. The Morgan fingerprint density at radius 3 is 3.19 bits per heavy atom. The Morgan fingerprint density at radius 2 is 2.44 bits per heavy atom. The molecule has 2 heteroatoms. The lowest BCUT2D eigenvalue weighted by atomic mass is 9.80. The summed E-state index contributed by atoms with van der Waals surface area (Å²) in [4.78, 5) is 7.08. The van der Waals surface area contributed by atoms with Crippen LogP contribution in [0.4, 0.5) is 0 Å². The summed E-state index contributed by atoms with van der Waals surface area (Å²) in [6, 6.07) is 0. The molecule has 0 saturated heterocycles. The summed E-state index contributed by atoms with van der Waals surface area (Å²) in [5.74, 6) is 1.92. The van der Waals surface area contributed by atoms with Gasteiger partial charge in [0.1, 0.15) is 0 Å². The number of rotatable bonds is 4. The molecule has 1 aliphatic rings. The maximum atomic E-state index is 3.99. The molecule has 88 valence electrons. The Balaban J connectivity index is 1.67. The molecule has 0 radical (unpaired) electrons. The van der Waals surface area contributed by atoms with E-state index in [1.54, 1.807) is 6.33 Å². The predicted molar refractivity (Wildman–Crippen MR) is 68.0 cm³/mol. The first-order chi connectivity index (χ1) is 7.84. The van der Waals surface area contributed by atoms with Crippen molar-refractivity contribution in [1.29, 1.82) is 0 Å². The van der Waals surface area contributed by atoms with Gasteiger partial charge < -0.3 is 4.98 Å². The third-order valence-electron chi connectivity index (χ3n) is 3.60. The number of hydrogen-bond acceptors (Lipinski definition) is 1. The minimum absolute atomic E-state index is 0.954. The zero-order chi connectivity index (χ0) is 11.2. The van der Waals surface area contributed by atoms with Crippen LogP contribution in [0.25, 0.3) is 6.08 Å². The molecule has 0 amide bonds. The van der Waals surface area contributed by atoms with Crippen molar-refractivity contribution in [2.24, 2.45) is 11.8 Å². The Hall–Kier alpha value is -1.05. The molecule has 1 saturated carbocycles. The number of nitrogens with one attached hydrogen (secondary N) is 1. The highest BCUT2D eigenvalue weighted by Crippen LogP contribution is 2.31. The number of hydrogen-bond donors (Lipinski definition) is 1. The van der Waals surface area contributed by atoms with Crippen molar-refractivity contribution in [3.63, 3.8) is 0 Å². The molecular formula is C14H22N2. The number of aromatic nitrogens is 2. The lowest BCUT2D eigenvalue weighted by molar-refractivity contribution is 0.271. The van der Waals surface area contributed by atoms with Crippen molar-refractivity contribution in [1.82, 2.24) is 9.97 Å². The van der Waals surface area contributed by atoms with Crippen LogP contribution >= 0.6 is 0 Å². The molecule has 2 nitrogen and oxygen atoms in total. The number of nitrogens with zero attached hydrogens (tertiary/aromatic N) is 1. The van der Waals surface area contributed by atoms with Gasteiger partial charge in [-0.3, -0.25) is 0 Å². The first kappa shape index (κ1) is 11.4. The highest BCUT2D eigenvalue weighted by Gasteiger charge is 2.17. The van der Waals surface area contributed by atoms with Gasteiger partial charge in [0.05, 0.1) is 18.2 Å². The van der Waals surface area contributed by atoms with Crippen LogP contribution in [0, 0.1) is 11.8 Å². The van der Waals surface area contributed by atoms with Crippen LogP contribution in [0.2, 0.25) is 0 Å². The molecule has 0 bridgehead atoms. The van der Waals surface area contributed by atoms with E-state index in [4.69, 9.17) is 0 Å². The zero-order valence-electron chi connectivity index (χ0n) is 10.2. The van der Waals surface area contributed by atoms with E-state index in [0.29, 0.717) is 0 Å². The number of H-pyrrole nitrogens is 1.